The van der Waals surface area contributed by atoms with E-state index in [0.29, 0.717) is 6.42 Å². The van der Waals surface area contributed by atoms with Gasteiger partial charge in [-0.3, -0.25) is 5.32 Å². The maximum Gasteiger partial charge on any atom is 0.152 e. The Kier molecular flexibility index (Phi) is 4.18. The second-order valence-electron chi connectivity index (χ2n) is 5.64. The minimum Gasteiger partial charge on any atom is -0.299 e. The van der Waals surface area contributed by atoms with Crippen molar-refractivity contribution in [1.29, 1.82) is 0 Å². The maximum atomic E-state index is 11.8. The van der Waals surface area contributed by atoms with E-state index in [2.05, 4.69) is 11.4 Å². The third-order valence-electron chi connectivity index (χ3n) is 3.70. The van der Waals surface area contributed by atoms with E-state index in [4.69, 9.17) is 11.6 Å². The van der Waals surface area contributed by atoms with Crippen LogP contribution in [0.5, 0.6) is 0 Å². The monoisotopic (exact) mass is 361 g/mol. The lowest BCUT2D eigenvalue weighted by Gasteiger charge is -2.29. The molecule has 1 aliphatic rings. The molecule has 1 fully saturated rings. The molecule has 3 nitrogen and oxygen atoms in total. The van der Waals surface area contributed by atoms with Gasteiger partial charge in [0.2, 0.25) is 0 Å². The molecule has 0 radical (unpaired) electrons. The molecule has 0 aliphatic carbocycles. The van der Waals surface area contributed by atoms with Crippen LogP contribution in [0, 0.1) is 0 Å². The number of halogens is 1. The summed E-state index contributed by atoms with van der Waals surface area (Å²) in [6.45, 7) is 1.99. The van der Waals surface area contributed by atoms with Crippen LogP contribution in [0.4, 0.5) is 0 Å². The Balaban J connectivity index is 1.90. The van der Waals surface area contributed by atoms with Gasteiger partial charge < -0.3 is 0 Å². The van der Waals surface area contributed by atoms with E-state index in [0.717, 1.165) is 9.21 Å². The molecule has 0 amide bonds. The molecule has 2 aromatic rings. The molecule has 0 saturated carbocycles. The van der Waals surface area contributed by atoms with E-state index in [1.54, 1.807) is 11.3 Å². The molecule has 114 valence electrons. The number of sulfone groups is 1. The summed E-state index contributed by atoms with van der Waals surface area (Å²) in [4.78, 5) is 2.30. The van der Waals surface area contributed by atoms with Gasteiger partial charge in [0, 0.05) is 15.3 Å². The molecule has 21 heavy (non-hydrogen) atoms. The summed E-state index contributed by atoms with van der Waals surface area (Å²) in [6, 6.07) is 7.98. The first-order valence-corrected chi connectivity index (χ1v) is 10.5. The van der Waals surface area contributed by atoms with Crippen LogP contribution in [0.15, 0.2) is 29.6 Å². The summed E-state index contributed by atoms with van der Waals surface area (Å²) < 4.78 is 24.3. The molecule has 2 atom stereocenters. The first-order chi connectivity index (χ1) is 9.87. The first kappa shape index (κ1) is 15.5. The minimum atomic E-state index is -2.93. The lowest BCUT2D eigenvalue weighted by atomic mass is 9.99. The zero-order chi connectivity index (χ0) is 15.1. The highest BCUT2D eigenvalue weighted by atomic mass is 35.5. The average Bonchev–Trinajstić information content (AvgIpc) is 3.08. The predicted octanol–water partition coefficient (Wildman–Crippen LogP) is 3.72. The molecule has 1 aliphatic heterocycles. The van der Waals surface area contributed by atoms with E-state index in [9.17, 15) is 8.42 Å². The van der Waals surface area contributed by atoms with Gasteiger partial charge >= 0.3 is 0 Å². The third kappa shape index (κ3) is 3.51. The maximum absolute atomic E-state index is 11.8. The van der Waals surface area contributed by atoms with Crippen molar-refractivity contribution in [3.63, 3.8) is 0 Å². The van der Waals surface area contributed by atoms with E-state index >= 15 is 0 Å². The fourth-order valence-electron chi connectivity index (χ4n) is 2.69. The summed E-state index contributed by atoms with van der Waals surface area (Å²) in [5.74, 6) is 0.458. The highest BCUT2D eigenvalue weighted by molar-refractivity contribution is 7.91. The number of thiophene rings is 2. The van der Waals surface area contributed by atoms with Gasteiger partial charge in [-0.25, -0.2) is 8.42 Å². The SMILES string of the molecule is CC1(NC(c2cccs2)c2ccc(Cl)s2)CCS(=O)(=O)C1. The van der Waals surface area contributed by atoms with Gasteiger partial charge in [0.25, 0.3) is 0 Å². The zero-order valence-corrected chi connectivity index (χ0v) is 14.7. The third-order valence-corrected chi connectivity index (χ3v) is 7.84. The summed E-state index contributed by atoms with van der Waals surface area (Å²) in [5.41, 5.74) is -0.385. The summed E-state index contributed by atoms with van der Waals surface area (Å²) >= 11 is 9.27. The summed E-state index contributed by atoms with van der Waals surface area (Å²) in [5, 5.41) is 5.60. The van der Waals surface area contributed by atoms with Crippen LogP contribution in [-0.2, 0) is 9.84 Å². The second kappa shape index (κ2) is 5.66. The second-order valence-corrected chi connectivity index (χ2v) is 10.5. The first-order valence-electron chi connectivity index (χ1n) is 6.64. The molecule has 2 unspecified atom stereocenters. The van der Waals surface area contributed by atoms with Gasteiger partial charge in [-0.1, -0.05) is 17.7 Å². The van der Waals surface area contributed by atoms with Crippen molar-refractivity contribution in [3.8, 4) is 0 Å². The number of rotatable bonds is 4. The van der Waals surface area contributed by atoms with Crippen LogP contribution >= 0.6 is 34.3 Å². The molecule has 0 aromatic carbocycles. The molecule has 3 heterocycles. The van der Waals surface area contributed by atoms with Crippen LogP contribution in [0.3, 0.4) is 0 Å². The molecule has 0 bridgehead atoms. The largest absolute Gasteiger partial charge is 0.299 e. The van der Waals surface area contributed by atoms with Crippen LogP contribution in [-0.4, -0.2) is 25.5 Å². The van der Waals surface area contributed by atoms with Crippen molar-refractivity contribution in [2.45, 2.75) is 24.9 Å². The Hall–Kier alpha value is -0.400. The van der Waals surface area contributed by atoms with Crippen LogP contribution in [0.2, 0.25) is 4.34 Å². The van der Waals surface area contributed by atoms with E-state index in [1.807, 2.05) is 30.5 Å². The minimum absolute atomic E-state index is 0.000741. The van der Waals surface area contributed by atoms with Gasteiger partial charge in [0.05, 0.1) is 21.9 Å². The fourth-order valence-corrected chi connectivity index (χ4v) is 6.80. The smallest absolute Gasteiger partial charge is 0.152 e. The van der Waals surface area contributed by atoms with Gasteiger partial charge in [-0.15, -0.1) is 22.7 Å². The Morgan fingerprint density at radius 2 is 2.14 bits per heavy atom. The summed E-state index contributed by atoms with van der Waals surface area (Å²) in [6.07, 6.45) is 0.649. The molecule has 2 aromatic heterocycles. The number of hydrogen-bond acceptors (Lipinski definition) is 5. The lowest BCUT2D eigenvalue weighted by molar-refractivity contribution is 0.371. The molecular formula is C14H16ClNO2S3. The Morgan fingerprint density at radius 3 is 2.67 bits per heavy atom. The van der Waals surface area contributed by atoms with Gasteiger partial charge in [-0.05, 0) is 36.9 Å². The Bertz CT molecular complexity index is 723. The van der Waals surface area contributed by atoms with Crippen LogP contribution in [0.1, 0.15) is 29.1 Å². The van der Waals surface area contributed by atoms with Gasteiger partial charge in [-0.2, -0.15) is 0 Å². The number of hydrogen-bond donors (Lipinski definition) is 1. The standard InChI is InChI=1S/C14H16ClNO2S3/c1-14(6-8-21(17,18)9-14)16-13(10-3-2-7-19-10)11-4-5-12(15)20-11/h2-5,7,13,16H,6,8-9H2,1H3. The van der Waals surface area contributed by atoms with Crippen LogP contribution < -0.4 is 5.32 Å². The molecular weight excluding hydrogens is 346 g/mol. The Labute approximate surface area is 137 Å². The predicted molar refractivity (Wildman–Crippen MR) is 90.3 cm³/mol. The zero-order valence-electron chi connectivity index (χ0n) is 11.5. The molecule has 1 saturated heterocycles. The number of nitrogens with one attached hydrogen (secondary N) is 1. The molecule has 0 spiro atoms. The van der Waals surface area contributed by atoms with E-state index in [-0.39, 0.29) is 23.1 Å². The van der Waals surface area contributed by atoms with Crippen molar-refractivity contribution in [2.75, 3.05) is 11.5 Å². The van der Waals surface area contributed by atoms with Gasteiger partial charge in [0.1, 0.15) is 0 Å². The van der Waals surface area contributed by atoms with Crippen molar-refractivity contribution in [1.82, 2.24) is 5.32 Å². The molecule has 1 N–H and O–H groups in total. The fraction of sp³-hybridized carbons (Fsp3) is 0.429. The van der Waals surface area contributed by atoms with Crippen molar-refractivity contribution in [3.05, 3.63) is 43.7 Å². The van der Waals surface area contributed by atoms with Gasteiger partial charge in [0.15, 0.2) is 9.84 Å². The highest BCUT2D eigenvalue weighted by Gasteiger charge is 2.40. The van der Waals surface area contributed by atoms with Crippen molar-refractivity contribution >= 4 is 44.1 Å². The van der Waals surface area contributed by atoms with E-state index < -0.39 is 9.84 Å². The Morgan fingerprint density at radius 1 is 1.33 bits per heavy atom. The van der Waals surface area contributed by atoms with Crippen LogP contribution in [0.25, 0.3) is 0 Å². The normalized spacial score (nSPS) is 26.0. The quantitative estimate of drug-likeness (QED) is 0.902. The molecule has 7 heteroatoms. The highest BCUT2D eigenvalue weighted by Crippen LogP contribution is 2.36. The lowest BCUT2D eigenvalue weighted by Crippen LogP contribution is -2.45. The van der Waals surface area contributed by atoms with Crippen molar-refractivity contribution in [2.24, 2.45) is 0 Å². The van der Waals surface area contributed by atoms with Crippen molar-refractivity contribution < 1.29 is 8.42 Å². The summed E-state index contributed by atoms with van der Waals surface area (Å²) in [7, 11) is -2.93. The topological polar surface area (TPSA) is 46.2 Å². The molecule has 3 rings (SSSR count). The van der Waals surface area contributed by atoms with E-state index in [1.165, 1.54) is 16.2 Å². The average molecular weight is 362 g/mol.